The lowest BCUT2D eigenvalue weighted by Gasteiger charge is -2.18. The maximum atomic E-state index is 11.0. The first-order valence-electron chi connectivity index (χ1n) is 6.27. The summed E-state index contributed by atoms with van der Waals surface area (Å²) in [5.74, 6) is 0.716. The van der Waals surface area contributed by atoms with Crippen LogP contribution in [0.1, 0.15) is 13.8 Å². The zero-order chi connectivity index (χ0) is 14.3. The molecule has 5 heteroatoms. The summed E-state index contributed by atoms with van der Waals surface area (Å²) in [5, 5.41) is 12.0. The molecule has 0 aliphatic heterocycles. The zero-order valence-electron chi connectivity index (χ0n) is 11.6. The van der Waals surface area contributed by atoms with E-state index >= 15 is 0 Å². The van der Waals surface area contributed by atoms with Gasteiger partial charge in [-0.05, 0) is 30.2 Å². The molecule has 1 unspecified atom stereocenters. The van der Waals surface area contributed by atoms with E-state index in [-0.39, 0.29) is 5.92 Å². The van der Waals surface area contributed by atoms with Crippen LogP contribution in [0.3, 0.4) is 0 Å². The smallest absolute Gasteiger partial charge is 0.320 e. The van der Waals surface area contributed by atoms with E-state index in [9.17, 15) is 4.79 Å². The zero-order valence-corrected chi connectivity index (χ0v) is 11.6. The molecule has 0 fully saturated rings. The number of benzene rings is 1. The van der Waals surface area contributed by atoms with Crippen LogP contribution in [0.5, 0.6) is 11.5 Å². The summed E-state index contributed by atoms with van der Waals surface area (Å²) in [6.45, 7) is 4.65. The monoisotopic (exact) mass is 267 g/mol. The SMILES string of the molecule is COc1ccc(OCCNC(C(=O)O)C(C)C)cc1. The fraction of sp³-hybridized carbons (Fsp3) is 0.500. The van der Waals surface area contributed by atoms with E-state index in [4.69, 9.17) is 14.6 Å². The molecular weight excluding hydrogens is 246 g/mol. The first kappa shape index (κ1) is 15.3. The van der Waals surface area contributed by atoms with E-state index < -0.39 is 12.0 Å². The van der Waals surface area contributed by atoms with Gasteiger partial charge >= 0.3 is 5.97 Å². The highest BCUT2D eigenvalue weighted by atomic mass is 16.5. The average Bonchev–Trinajstić information content (AvgIpc) is 2.38. The summed E-state index contributed by atoms with van der Waals surface area (Å²) in [7, 11) is 1.61. The van der Waals surface area contributed by atoms with Crippen LogP contribution in [0.4, 0.5) is 0 Å². The number of ether oxygens (including phenoxy) is 2. The van der Waals surface area contributed by atoms with E-state index in [2.05, 4.69) is 5.32 Å². The van der Waals surface area contributed by atoms with Crippen LogP contribution in [0, 0.1) is 5.92 Å². The Kier molecular flexibility index (Phi) is 6.15. The summed E-state index contributed by atoms with van der Waals surface area (Å²) in [4.78, 5) is 11.0. The highest BCUT2D eigenvalue weighted by Gasteiger charge is 2.19. The number of hydrogen-bond donors (Lipinski definition) is 2. The third-order valence-corrected chi connectivity index (χ3v) is 2.73. The van der Waals surface area contributed by atoms with Gasteiger partial charge in [-0.2, -0.15) is 0 Å². The van der Waals surface area contributed by atoms with Crippen molar-refractivity contribution in [3.05, 3.63) is 24.3 Å². The highest BCUT2D eigenvalue weighted by Crippen LogP contribution is 2.16. The summed E-state index contributed by atoms with van der Waals surface area (Å²) in [6.07, 6.45) is 0. The van der Waals surface area contributed by atoms with Gasteiger partial charge in [0.15, 0.2) is 0 Å². The third-order valence-electron chi connectivity index (χ3n) is 2.73. The molecule has 0 spiro atoms. The molecule has 0 saturated carbocycles. The maximum absolute atomic E-state index is 11.0. The van der Waals surface area contributed by atoms with E-state index in [1.165, 1.54) is 0 Å². The summed E-state index contributed by atoms with van der Waals surface area (Å²) < 4.78 is 10.6. The number of methoxy groups -OCH3 is 1. The van der Waals surface area contributed by atoms with Gasteiger partial charge in [0.05, 0.1) is 7.11 Å². The van der Waals surface area contributed by atoms with Gasteiger partial charge in [0.2, 0.25) is 0 Å². The number of aliphatic carboxylic acids is 1. The molecule has 1 aromatic carbocycles. The number of carbonyl (C=O) groups is 1. The lowest BCUT2D eigenvalue weighted by atomic mass is 10.1. The van der Waals surface area contributed by atoms with Crippen molar-refractivity contribution in [3.63, 3.8) is 0 Å². The molecule has 1 aromatic rings. The maximum Gasteiger partial charge on any atom is 0.320 e. The van der Waals surface area contributed by atoms with Crippen LogP contribution >= 0.6 is 0 Å². The molecule has 19 heavy (non-hydrogen) atoms. The largest absolute Gasteiger partial charge is 0.497 e. The van der Waals surface area contributed by atoms with Crippen LogP contribution < -0.4 is 14.8 Å². The number of carboxylic acids is 1. The lowest BCUT2D eigenvalue weighted by Crippen LogP contribution is -2.42. The van der Waals surface area contributed by atoms with Gasteiger partial charge < -0.3 is 19.9 Å². The molecule has 0 heterocycles. The lowest BCUT2D eigenvalue weighted by molar-refractivity contribution is -0.140. The molecular formula is C14H21NO4. The van der Waals surface area contributed by atoms with Crippen molar-refractivity contribution in [2.24, 2.45) is 5.92 Å². The first-order valence-corrected chi connectivity index (χ1v) is 6.27. The molecule has 0 aliphatic rings. The van der Waals surface area contributed by atoms with Crippen molar-refractivity contribution >= 4 is 5.97 Å². The number of rotatable bonds is 8. The van der Waals surface area contributed by atoms with Gasteiger partial charge in [0.1, 0.15) is 24.1 Å². The Morgan fingerprint density at radius 2 is 1.84 bits per heavy atom. The molecule has 1 rings (SSSR count). The van der Waals surface area contributed by atoms with Gasteiger partial charge in [-0.3, -0.25) is 4.79 Å². The van der Waals surface area contributed by atoms with Crippen LogP contribution in [0.15, 0.2) is 24.3 Å². The Morgan fingerprint density at radius 1 is 1.26 bits per heavy atom. The molecule has 0 aliphatic carbocycles. The van der Waals surface area contributed by atoms with Crippen LogP contribution in [0.25, 0.3) is 0 Å². The van der Waals surface area contributed by atoms with Crippen molar-refractivity contribution in [2.75, 3.05) is 20.3 Å². The van der Waals surface area contributed by atoms with Crippen LogP contribution in [-0.4, -0.2) is 37.4 Å². The molecule has 1 atom stereocenters. The molecule has 0 bridgehead atoms. The number of hydrogen-bond acceptors (Lipinski definition) is 4. The average molecular weight is 267 g/mol. The Bertz CT molecular complexity index is 389. The minimum atomic E-state index is -0.834. The van der Waals surface area contributed by atoms with Gasteiger partial charge in [0.25, 0.3) is 0 Å². The quantitative estimate of drug-likeness (QED) is 0.703. The van der Waals surface area contributed by atoms with Crippen LogP contribution in [0.2, 0.25) is 0 Å². The molecule has 0 aromatic heterocycles. The minimum Gasteiger partial charge on any atom is -0.497 e. The summed E-state index contributed by atoms with van der Waals surface area (Å²) >= 11 is 0. The first-order chi connectivity index (χ1) is 9.04. The second kappa shape index (κ2) is 7.63. The molecule has 0 radical (unpaired) electrons. The predicted molar refractivity (Wildman–Crippen MR) is 72.8 cm³/mol. The van der Waals surface area contributed by atoms with Gasteiger partial charge in [0, 0.05) is 6.54 Å². The Labute approximate surface area is 113 Å². The van der Waals surface area contributed by atoms with E-state index in [0.29, 0.717) is 13.2 Å². The number of carboxylic acid groups (broad SMARTS) is 1. The summed E-state index contributed by atoms with van der Waals surface area (Å²) in [6, 6.07) is 6.72. The summed E-state index contributed by atoms with van der Waals surface area (Å²) in [5.41, 5.74) is 0. The van der Waals surface area contributed by atoms with Crippen molar-refractivity contribution in [1.29, 1.82) is 0 Å². The van der Waals surface area contributed by atoms with E-state index in [1.807, 2.05) is 38.1 Å². The molecule has 5 nitrogen and oxygen atoms in total. The Morgan fingerprint density at radius 3 is 2.32 bits per heavy atom. The Balaban J connectivity index is 2.31. The standard InChI is InChI=1S/C14H21NO4/c1-10(2)13(14(16)17)15-8-9-19-12-6-4-11(18-3)5-7-12/h4-7,10,13,15H,8-9H2,1-3H3,(H,16,17). The molecule has 106 valence electrons. The van der Waals surface area contributed by atoms with E-state index in [1.54, 1.807) is 7.11 Å². The molecule has 0 saturated heterocycles. The third kappa shape index (κ3) is 5.18. The van der Waals surface area contributed by atoms with Crippen molar-refractivity contribution < 1.29 is 19.4 Å². The predicted octanol–water partition coefficient (Wildman–Crippen LogP) is 1.77. The second-order valence-electron chi connectivity index (χ2n) is 4.54. The topological polar surface area (TPSA) is 67.8 Å². The van der Waals surface area contributed by atoms with Gasteiger partial charge in [-0.15, -0.1) is 0 Å². The fourth-order valence-electron chi connectivity index (χ4n) is 1.66. The van der Waals surface area contributed by atoms with E-state index in [0.717, 1.165) is 11.5 Å². The Hall–Kier alpha value is -1.75. The fourth-order valence-corrected chi connectivity index (χ4v) is 1.66. The normalized spacial score (nSPS) is 12.2. The minimum absolute atomic E-state index is 0.0403. The second-order valence-corrected chi connectivity index (χ2v) is 4.54. The van der Waals surface area contributed by atoms with Crippen LogP contribution in [-0.2, 0) is 4.79 Å². The molecule has 0 amide bonds. The van der Waals surface area contributed by atoms with Gasteiger partial charge in [-0.1, -0.05) is 13.8 Å². The highest BCUT2D eigenvalue weighted by molar-refractivity contribution is 5.73. The van der Waals surface area contributed by atoms with Crippen molar-refractivity contribution in [3.8, 4) is 11.5 Å². The van der Waals surface area contributed by atoms with Gasteiger partial charge in [-0.25, -0.2) is 0 Å². The van der Waals surface area contributed by atoms with Crippen molar-refractivity contribution in [1.82, 2.24) is 5.32 Å². The number of nitrogens with one attached hydrogen (secondary N) is 1. The molecule has 2 N–H and O–H groups in total. The van der Waals surface area contributed by atoms with Crippen molar-refractivity contribution in [2.45, 2.75) is 19.9 Å².